The quantitative estimate of drug-likeness (QED) is 0.700. The van der Waals surface area contributed by atoms with Gasteiger partial charge in [-0.05, 0) is 39.3 Å². The minimum atomic E-state index is 0.0350. The lowest BCUT2D eigenvalue weighted by molar-refractivity contribution is -0.121. The van der Waals surface area contributed by atoms with E-state index in [1.807, 2.05) is 26.0 Å². The minimum Gasteiger partial charge on any atom is -0.475 e. The van der Waals surface area contributed by atoms with Gasteiger partial charge in [0, 0.05) is 24.7 Å². The summed E-state index contributed by atoms with van der Waals surface area (Å²) >= 11 is 0. The van der Waals surface area contributed by atoms with E-state index in [1.54, 1.807) is 6.20 Å². The summed E-state index contributed by atoms with van der Waals surface area (Å²) in [4.78, 5) is 15.8. The summed E-state index contributed by atoms with van der Waals surface area (Å²) in [5.41, 5.74) is 6.28. The lowest BCUT2D eigenvalue weighted by Crippen LogP contribution is -2.23. The summed E-state index contributed by atoms with van der Waals surface area (Å²) in [7, 11) is 0. The fourth-order valence-electron chi connectivity index (χ4n) is 1.60. The van der Waals surface area contributed by atoms with Gasteiger partial charge in [-0.15, -0.1) is 0 Å². The normalized spacial score (nSPS) is 10.5. The topological polar surface area (TPSA) is 77.2 Å². The third-order valence-corrected chi connectivity index (χ3v) is 2.53. The Morgan fingerprint density at radius 1 is 1.47 bits per heavy atom. The van der Waals surface area contributed by atoms with Crippen molar-refractivity contribution in [2.75, 3.05) is 6.54 Å². The number of carbonyl (C=O) groups is 1. The molecule has 5 nitrogen and oxygen atoms in total. The molecular weight excluding hydrogens is 242 g/mol. The van der Waals surface area contributed by atoms with Crippen LogP contribution in [0.15, 0.2) is 18.3 Å². The number of carbonyl (C=O) groups excluding carboxylic acids is 1. The molecule has 3 N–H and O–H groups in total. The maximum absolute atomic E-state index is 11.6. The number of pyridine rings is 1. The Hall–Kier alpha value is -1.62. The summed E-state index contributed by atoms with van der Waals surface area (Å²) in [5, 5.41) is 2.87. The number of hydrogen-bond donors (Lipinski definition) is 2. The zero-order valence-corrected chi connectivity index (χ0v) is 11.7. The van der Waals surface area contributed by atoms with Crippen LogP contribution in [0.5, 0.6) is 5.88 Å². The minimum absolute atomic E-state index is 0.0350. The highest BCUT2D eigenvalue weighted by Gasteiger charge is 2.08. The lowest BCUT2D eigenvalue weighted by Gasteiger charge is -2.13. The van der Waals surface area contributed by atoms with Gasteiger partial charge in [0.25, 0.3) is 0 Å². The standard InChI is InChI=1S/C14H23N3O2/c1-11(2)19-14-12(6-5-9-16-14)10-17-13(18)7-3-4-8-15/h5-6,9,11H,3-4,7-8,10,15H2,1-2H3,(H,17,18). The predicted molar refractivity (Wildman–Crippen MR) is 74.8 cm³/mol. The van der Waals surface area contributed by atoms with Crippen molar-refractivity contribution in [3.8, 4) is 5.88 Å². The van der Waals surface area contributed by atoms with E-state index in [2.05, 4.69) is 10.3 Å². The Kier molecular flexibility index (Phi) is 6.89. The van der Waals surface area contributed by atoms with Crippen LogP contribution < -0.4 is 15.8 Å². The van der Waals surface area contributed by atoms with E-state index < -0.39 is 0 Å². The first-order valence-corrected chi connectivity index (χ1v) is 6.70. The Bertz CT molecular complexity index is 394. The maximum Gasteiger partial charge on any atom is 0.220 e. The first-order valence-electron chi connectivity index (χ1n) is 6.70. The van der Waals surface area contributed by atoms with Gasteiger partial charge >= 0.3 is 0 Å². The van der Waals surface area contributed by atoms with Crippen molar-refractivity contribution < 1.29 is 9.53 Å². The summed E-state index contributed by atoms with van der Waals surface area (Å²) in [6, 6.07) is 3.74. The summed E-state index contributed by atoms with van der Waals surface area (Å²) < 4.78 is 5.60. The molecule has 106 valence electrons. The molecule has 0 unspecified atom stereocenters. The summed E-state index contributed by atoms with van der Waals surface area (Å²) in [5.74, 6) is 0.618. The molecule has 1 aromatic rings. The number of hydrogen-bond acceptors (Lipinski definition) is 4. The summed E-state index contributed by atoms with van der Waals surface area (Å²) in [6.45, 7) is 4.97. The molecule has 0 saturated heterocycles. The van der Waals surface area contributed by atoms with Crippen LogP contribution in [0, 0.1) is 0 Å². The molecule has 1 amide bonds. The van der Waals surface area contributed by atoms with E-state index in [0.29, 0.717) is 25.4 Å². The van der Waals surface area contributed by atoms with Gasteiger partial charge in [0.15, 0.2) is 0 Å². The molecule has 0 aliphatic carbocycles. The molecule has 1 aromatic heterocycles. The SMILES string of the molecule is CC(C)Oc1ncccc1CNC(=O)CCCCN. The summed E-state index contributed by atoms with van der Waals surface area (Å²) in [6.07, 6.45) is 3.96. The van der Waals surface area contributed by atoms with Crippen molar-refractivity contribution in [2.45, 2.75) is 45.8 Å². The fraction of sp³-hybridized carbons (Fsp3) is 0.571. The molecule has 0 fully saturated rings. The van der Waals surface area contributed by atoms with Crippen molar-refractivity contribution in [3.63, 3.8) is 0 Å². The lowest BCUT2D eigenvalue weighted by atomic mass is 10.2. The Balaban J connectivity index is 2.46. The van der Waals surface area contributed by atoms with Gasteiger partial charge in [0.05, 0.1) is 6.10 Å². The number of nitrogens with two attached hydrogens (primary N) is 1. The van der Waals surface area contributed by atoms with Gasteiger partial charge in [0.2, 0.25) is 11.8 Å². The zero-order chi connectivity index (χ0) is 14.1. The van der Waals surface area contributed by atoms with Gasteiger partial charge in [-0.25, -0.2) is 4.98 Å². The van der Waals surface area contributed by atoms with Crippen molar-refractivity contribution in [1.29, 1.82) is 0 Å². The first kappa shape index (κ1) is 15.4. The van der Waals surface area contributed by atoms with Gasteiger partial charge < -0.3 is 15.8 Å². The second-order valence-electron chi connectivity index (χ2n) is 4.66. The van der Waals surface area contributed by atoms with E-state index in [4.69, 9.17) is 10.5 Å². The molecule has 1 heterocycles. The highest BCUT2D eigenvalue weighted by molar-refractivity contribution is 5.75. The van der Waals surface area contributed by atoms with E-state index in [-0.39, 0.29) is 12.0 Å². The molecule has 0 saturated carbocycles. The van der Waals surface area contributed by atoms with Crippen LogP contribution in [0.4, 0.5) is 0 Å². The molecule has 0 radical (unpaired) electrons. The fourth-order valence-corrected chi connectivity index (χ4v) is 1.60. The second kappa shape index (κ2) is 8.48. The molecule has 0 aromatic carbocycles. The number of nitrogens with one attached hydrogen (secondary N) is 1. The largest absolute Gasteiger partial charge is 0.475 e. The average Bonchev–Trinajstić information content (AvgIpc) is 2.37. The first-order chi connectivity index (χ1) is 9.13. The Morgan fingerprint density at radius 3 is 2.95 bits per heavy atom. The van der Waals surface area contributed by atoms with E-state index in [1.165, 1.54) is 0 Å². The average molecular weight is 265 g/mol. The number of amides is 1. The molecule has 1 rings (SSSR count). The maximum atomic E-state index is 11.6. The van der Waals surface area contributed by atoms with E-state index in [9.17, 15) is 4.79 Å². The molecule has 0 atom stereocenters. The second-order valence-corrected chi connectivity index (χ2v) is 4.66. The van der Waals surface area contributed by atoms with Crippen LogP contribution in [0.2, 0.25) is 0 Å². The number of unbranched alkanes of at least 4 members (excludes halogenated alkanes) is 1. The molecule has 0 aliphatic heterocycles. The Labute approximate surface area is 114 Å². The third kappa shape index (κ3) is 6.20. The predicted octanol–water partition coefficient (Wildman–Crippen LogP) is 1.61. The number of nitrogens with zero attached hydrogens (tertiary/aromatic N) is 1. The van der Waals surface area contributed by atoms with Crippen LogP contribution in [0.1, 0.15) is 38.7 Å². The monoisotopic (exact) mass is 265 g/mol. The van der Waals surface area contributed by atoms with Gasteiger partial charge in [0.1, 0.15) is 0 Å². The van der Waals surface area contributed by atoms with Crippen LogP contribution in [0.25, 0.3) is 0 Å². The Morgan fingerprint density at radius 2 is 2.26 bits per heavy atom. The molecule has 5 heteroatoms. The van der Waals surface area contributed by atoms with Crippen LogP contribution in [-0.2, 0) is 11.3 Å². The smallest absolute Gasteiger partial charge is 0.220 e. The number of rotatable bonds is 8. The van der Waals surface area contributed by atoms with Gasteiger partial charge in [-0.3, -0.25) is 4.79 Å². The third-order valence-electron chi connectivity index (χ3n) is 2.53. The number of ether oxygens (including phenoxy) is 1. The van der Waals surface area contributed by atoms with Crippen LogP contribution in [-0.4, -0.2) is 23.5 Å². The van der Waals surface area contributed by atoms with Crippen LogP contribution >= 0.6 is 0 Å². The van der Waals surface area contributed by atoms with Gasteiger partial charge in [-0.2, -0.15) is 0 Å². The molecule has 0 bridgehead atoms. The molecule has 0 aliphatic rings. The number of aromatic nitrogens is 1. The molecular formula is C14H23N3O2. The highest BCUT2D eigenvalue weighted by atomic mass is 16.5. The molecule has 19 heavy (non-hydrogen) atoms. The van der Waals surface area contributed by atoms with E-state index in [0.717, 1.165) is 18.4 Å². The molecule has 0 spiro atoms. The van der Waals surface area contributed by atoms with E-state index >= 15 is 0 Å². The van der Waals surface area contributed by atoms with Crippen LogP contribution in [0.3, 0.4) is 0 Å². The van der Waals surface area contributed by atoms with Crippen molar-refractivity contribution in [3.05, 3.63) is 23.9 Å². The highest BCUT2D eigenvalue weighted by Crippen LogP contribution is 2.15. The van der Waals surface area contributed by atoms with Gasteiger partial charge in [-0.1, -0.05) is 6.07 Å². The van der Waals surface area contributed by atoms with Crippen molar-refractivity contribution >= 4 is 5.91 Å². The zero-order valence-electron chi connectivity index (χ0n) is 11.7. The van der Waals surface area contributed by atoms with Crippen molar-refractivity contribution in [2.24, 2.45) is 5.73 Å². The van der Waals surface area contributed by atoms with Crippen molar-refractivity contribution in [1.82, 2.24) is 10.3 Å².